The molecule has 1 aromatic rings. The first-order valence-electron chi connectivity index (χ1n) is 4.16. The molecule has 7 heteroatoms. The summed E-state index contributed by atoms with van der Waals surface area (Å²) in [7, 11) is -3.40. The van der Waals surface area contributed by atoms with Gasteiger partial charge in [0, 0.05) is 4.88 Å². The summed E-state index contributed by atoms with van der Waals surface area (Å²) in [5.41, 5.74) is 1.03. The van der Waals surface area contributed by atoms with E-state index >= 15 is 0 Å². The fourth-order valence-corrected chi connectivity index (χ4v) is 3.37. The standard InChI is InChI=1S/C7H9ClN2O2S2/c8-4-14(11,12)10-7-9-5-2-1-3-6(5)13-7/h1-4H2,(H,9,10). The number of alkyl halides is 1. The maximum absolute atomic E-state index is 11.1. The molecule has 0 amide bonds. The first kappa shape index (κ1) is 10.2. The summed E-state index contributed by atoms with van der Waals surface area (Å²) in [6.45, 7) is 0. The van der Waals surface area contributed by atoms with Gasteiger partial charge in [-0.15, -0.1) is 22.9 Å². The van der Waals surface area contributed by atoms with E-state index in [0.29, 0.717) is 5.13 Å². The molecular formula is C7H9ClN2O2S2. The molecule has 1 aliphatic rings. The molecule has 14 heavy (non-hydrogen) atoms. The van der Waals surface area contributed by atoms with Crippen LogP contribution in [0.25, 0.3) is 0 Å². The van der Waals surface area contributed by atoms with Gasteiger partial charge in [0.25, 0.3) is 0 Å². The summed E-state index contributed by atoms with van der Waals surface area (Å²) in [5.74, 6) is 0. The van der Waals surface area contributed by atoms with Crippen LogP contribution in [0.3, 0.4) is 0 Å². The van der Waals surface area contributed by atoms with Crippen molar-refractivity contribution in [2.24, 2.45) is 0 Å². The molecule has 1 aliphatic carbocycles. The van der Waals surface area contributed by atoms with Crippen molar-refractivity contribution in [2.75, 3.05) is 9.93 Å². The van der Waals surface area contributed by atoms with Gasteiger partial charge < -0.3 is 0 Å². The Morgan fingerprint density at radius 3 is 2.93 bits per heavy atom. The topological polar surface area (TPSA) is 59.1 Å². The monoisotopic (exact) mass is 252 g/mol. The minimum Gasteiger partial charge on any atom is -0.258 e. The average Bonchev–Trinajstić information content (AvgIpc) is 2.63. The zero-order chi connectivity index (χ0) is 10.2. The van der Waals surface area contributed by atoms with Crippen LogP contribution in [0.1, 0.15) is 17.0 Å². The van der Waals surface area contributed by atoms with Crippen molar-refractivity contribution in [1.29, 1.82) is 0 Å². The van der Waals surface area contributed by atoms with E-state index in [-0.39, 0.29) is 0 Å². The number of anilines is 1. The van der Waals surface area contributed by atoms with Crippen molar-refractivity contribution < 1.29 is 8.42 Å². The van der Waals surface area contributed by atoms with Gasteiger partial charge in [-0.25, -0.2) is 13.4 Å². The second-order valence-electron chi connectivity index (χ2n) is 3.07. The molecule has 1 aromatic heterocycles. The van der Waals surface area contributed by atoms with Crippen molar-refractivity contribution in [1.82, 2.24) is 4.98 Å². The van der Waals surface area contributed by atoms with Gasteiger partial charge in [-0.2, -0.15) is 0 Å². The number of aromatic nitrogens is 1. The Morgan fingerprint density at radius 1 is 1.50 bits per heavy atom. The normalized spacial score (nSPS) is 15.5. The van der Waals surface area contributed by atoms with E-state index in [1.54, 1.807) is 0 Å². The highest BCUT2D eigenvalue weighted by Crippen LogP contribution is 2.30. The molecule has 0 aliphatic heterocycles. The van der Waals surface area contributed by atoms with Crippen LogP contribution in [0.2, 0.25) is 0 Å². The fourth-order valence-electron chi connectivity index (χ4n) is 1.39. The lowest BCUT2D eigenvalue weighted by Gasteiger charge is -1.99. The summed E-state index contributed by atoms with van der Waals surface area (Å²) in [6.07, 6.45) is 3.08. The van der Waals surface area contributed by atoms with Gasteiger partial charge in [0.05, 0.1) is 5.69 Å². The molecule has 1 N–H and O–H groups in total. The van der Waals surface area contributed by atoms with E-state index in [1.807, 2.05) is 0 Å². The van der Waals surface area contributed by atoms with E-state index in [2.05, 4.69) is 9.71 Å². The Morgan fingerprint density at radius 2 is 2.29 bits per heavy atom. The van der Waals surface area contributed by atoms with Gasteiger partial charge in [0.15, 0.2) is 5.13 Å². The number of hydrogen-bond acceptors (Lipinski definition) is 4. The van der Waals surface area contributed by atoms with E-state index in [0.717, 1.165) is 25.0 Å². The third-order valence-corrected chi connectivity index (χ3v) is 4.84. The Hall–Kier alpha value is -0.330. The lowest BCUT2D eigenvalue weighted by atomic mass is 10.4. The molecule has 0 aromatic carbocycles. The highest BCUT2D eigenvalue weighted by molar-refractivity contribution is 7.94. The molecule has 2 rings (SSSR count). The molecule has 1 heterocycles. The maximum atomic E-state index is 11.1. The molecule has 4 nitrogen and oxygen atoms in total. The van der Waals surface area contributed by atoms with Gasteiger partial charge in [-0.3, -0.25) is 4.72 Å². The first-order valence-corrected chi connectivity index (χ1v) is 7.16. The second kappa shape index (κ2) is 3.67. The van der Waals surface area contributed by atoms with Gasteiger partial charge in [0.1, 0.15) is 5.21 Å². The molecule has 0 saturated carbocycles. The fraction of sp³-hybridized carbons (Fsp3) is 0.571. The van der Waals surface area contributed by atoms with Gasteiger partial charge in [-0.1, -0.05) is 0 Å². The Bertz CT molecular complexity index is 419. The van der Waals surface area contributed by atoms with Crippen molar-refractivity contribution in [3.05, 3.63) is 10.6 Å². The number of thiazole rings is 1. The highest BCUT2D eigenvalue weighted by Gasteiger charge is 2.19. The first-order chi connectivity index (χ1) is 6.61. The number of rotatable bonds is 3. The molecule has 0 bridgehead atoms. The van der Waals surface area contributed by atoms with E-state index in [4.69, 9.17) is 11.6 Å². The quantitative estimate of drug-likeness (QED) is 0.831. The number of nitrogens with zero attached hydrogens (tertiary/aromatic N) is 1. The largest absolute Gasteiger partial charge is 0.258 e. The molecule has 0 saturated heterocycles. The van der Waals surface area contributed by atoms with Crippen molar-refractivity contribution in [3.63, 3.8) is 0 Å². The minimum absolute atomic E-state index is 0.433. The van der Waals surface area contributed by atoms with Crippen molar-refractivity contribution in [3.8, 4) is 0 Å². The van der Waals surface area contributed by atoms with Crippen molar-refractivity contribution in [2.45, 2.75) is 19.3 Å². The predicted octanol–water partition coefficient (Wildman–Crippen LogP) is 1.57. The number of nitrogens with one attached hydrogen (secondary N) is 1. The van der Waals surface area contributed by atoms with Gasteiger partial charge in [-0.05, 0) is 19.3 Å². The smallest absolute Gasteiger partial charge is 0.248 e. The average molecular weight is 253 g/mol. The molecule has 0 atom stereocenters. The van der Waals surface area contributed by atoms with Crippen LogP contribution in [-0.2, 0) is 22.9 Å². The van der Waals surface area contributed by atoms with Crippen molar-refractivity contribution >= 4 is 38.1 Å². The maximum Gasteiger partial charge on any atom is 0.248 e. The predicted molar refractivity (Wildman–Crippen MR) is 57.4 cm³/mol. The van der Waals surface area contributed by atoms with Gasteiger partial charge >= 0.3 is 0 Å². The van der Waals surface area contributed by atoms with Crippen LogP contribution in [-0.4, -0.2) is 18.6 Å². The SMILES string of the molecule is O=S(=O)(CCl)Nc1nc2c(s1)CCC2. The molecule has 0 unspecified atom stereocenters. The van der Waals surface area contributed by atoms with E-state index in [9.17, 15) is 8.42 Å². The number of fused-ring (bicyclic) bond motifs is 1. The van der Waals surface area contributed by atoms with Crippen LogP contribution in [0, 0.1) is 0 Å². The summed E-state index contributed by atoms with van der Waals surface area (Å²) in [6, 6.07) is 0. The summed E-state index contributed by atoms with van der Waals surface area (Å²) in [4.78, 5) is 5.39. The highest BCUT2D eigenvalue weighted by atomic mass is 35.5. The van der Waals surface area contributed by atoms with Crippen LogP contribution in [0.15, 0.2) is 0 Å². The number of halogens is 1. The van der Waals surface area contributed by atoms with Gasteiger partial charge in [0.2, 0.25) is 10.0 Å². The molecular weight excluding hydrogens is 244 g/mol. The van der Waals surface area contributed by atoms with Crippen LogP contribution >= 0.6 is 22.9 Å². The lowest BCUT2D eigenvalue weighted by molar-refractivity contribution is 0.605. The van der Waals surface area contributed by atoms with E-state index < -0.39 is 15.2 Å². The van der Waals surface area contributed by atoms with E-state index in [1.165, 1.54) is 16.2 Å². The Balaban J connectivity index is 2.19. The summed E-state index contributed by atoms with van der Waals surface area (Å²) < 4.78 is 24.6. The third kappa shape index (κ3) is 2.02. The minimum atomic E-state index is -3.40. The number of aryl methyl sites for hydroxylation is 2. The molecule has 0 fully saturated rings. The Kier molecular flexibility index (Phi) is 2.68. The lowest BCUT2D eigenvalue weighted by Crippen LogP contribution is -2.13. The summed E-state index contributed by atoms with van der Waals surface area (Å²) in [5, 5.41) is 0.00685. The zero-order valence-electron chi connectivity index (χ0n) is 7.29. The third-order valence-electron chi connectivity index (χ3n) is 1.98. The Labute approximate surface area is 91.4 Å². The van der Waals surface area contributed by atoms with Crippen LogP contribution < -0.4 is 4.72 Å². The number of sulfonamides is 1. The zero-order valence-corrected chi connectivity index (χ0v) is 9.68. The summed E-state index contributed by atoms with van der Waals surface area (Å²) >= 11 is 6.67. The van der Waals surface area contributed by atoms with Crippen LogP contribution in [0.4, 0.5) is 5.13 Å². The number of hydrogen-bond donors (Lipinski definition) is 1. The molecule has 0 radical (unpaired) electrons. The molecule has 78 valence electrons. The van der Waals surface area contributed by atoms with Crippen LogP contribution in [0.5, 0.6) is 0 Å². The second-order valence-corrected chi connectivity index (χ2v) is 6.46. The molecule has 0 spiro atoms.